The molecule has 1 N–H and O–H groups in total. The van der Waals surface area contributed by atoms with Crippen LogP contribution < -0.4 is 10.2 Å². The van der Waals surface area contributed by atoms with Gasteiger partial charge in [0.25, 0.3) is 5.71 Å². The van der Waals surface area contributed by atoms with Crippen molar-refractivity contribution in [1.29, 1.82) is 0 Å². The summed E-state index contributed by atoms with van der Waals surface area (Å²) in [6.45, 7) is 4.13. The van der Waals surface area contributed by atoms with Gasteiger partial charge in [0.1, 0.15) is 17.5 Å². The zero-order valence-electron chi connectivity index (χ0n) is 16.7. The number of hydrogen-bond donors (Lipinski definition) is 1. The summed E-state index contributed by atoms with van der Waals surface area (Å²) in [6.07, 6.45) is 6.05. The number of carbonyl (C=O) groups is 1. The number of fused-ring (bicyclic) bond motifs is 1. The number of nitrogens with zero attached hydrogens (tertiary/aromatic N) is 4. The van der Waals surface area contributed by atoms with E-state index in [1.807, 2.05) is 6.92 Å². The lowest BCUT2D eigenvalue weighted by Crippen LogP contribution is -2.41. The number of thioether (sulfide) groups is 1. The maximum atomic E-state index is 12.6. The van der Waals surface area contributed by atoms with Gasteiger partial charge < -0.3 is 14.7 Å². The maximum Gasteiger partial charge on any atom is 0.263 e. The van der Waals surface area contributed by atoms with Crippen molar-refractivity contribution >= 4 is 34.6 Å². The first-order chi connectivity index (χ1) is 14.2. The number of nitrogens with one attached hydrogen (secondary N) is 1. The van der Waals surface area contributed by atoms with Gasteiger partial charge in [0.05, 0.1) is 5.69 Å². The Morgan fingerprint density at radius 1 is 1.24 bits per heavy atom. The van der Waals surface area contributed by atoms with Gasteiger partial charge in [-0.2, -0.15) is 4.98 Å². The molecule has 0 bridgehead atoms. The molecule has 152 valence electrons. The fourth-order valence-electron chi connectivity index (χ4n) is 3.76. The molecule has 1 amide bonds. The standard InChI is InChI=1S/C21H25N5O2S/c1-14-18-19(23-13-24-21(18)28-25-14)26-11-8-16(9-12-26)20(27)22-10-7-15-3-5-17(29-2)6-4-15/h3-6,13,16H,7-12H2,1-2H3,(H,22,27). The summed E-state index contributed by atoms with van der Waals surface area (Å²) in [6, 6.07) is 8.51. The minimum absolute atomic E-state index is 0.0472. The second-order valence-electron chi connectivity index (χ2n) is 7.30. The van der Waals surface area contributed by atoms with E-state index in [9.17, 15) is 4.79 Å². The van der Waals surface area contributed by atoms with Gasteiger partial charge in [-0.3, -0.25) is 4.79 Å². The quantitative estimate of drug-likeness (QED) is 0.624. The van der Waals surface area contributed by atoms with E-state index in [0.717, 1.165) is 49.2 Å². The molecule has 7 nitrogen and oxygen atoms in total. The van der Waals surface area contributed by atoms with Gasteiger partial charge in [-0.05, 0) is 50.1 Å². The number of piperidine rings is 1. The zero-order chi connectivity index (χ0) is 20.2. The SMILES string of the molecule is CSc1ccc(CCNC(=O)C2CCN(c3ncnc4onc(C)c34)CC2)cc1. The summed E-state index contributed by atoms with van der Waals surface area (Å²) >= 11 is 1.73. The molecule has 2 aromatic heterocycles. The molecule has 0 radical (unpaired) electrons. The number of hydrogen-bond acceptors (Lipinski definition) is 7. The minimum Gasteiger partial charge on any atom is -0.356 e. The van der Waals surface area contributed by atoms with E-state index < -0.39 is 0 Å². The average molecular weight is 412 g/mol. The Bertz CT molecular complexity index is 980. The van der Waals surface area contributed by atoms with Crippen molar-refractivity contribution < 1.29 is 9.32 Å². The highest BCUT2D eigenvalue weighted by Gasteiger charge is 2.27. The maximum absolute atomic E-state index is 12.6. The molecule has 1 aliphatic heterocycles. The van der Waals surface area contributed by atoms with E-state index in [4.69, 9.17) is 4.52 Å². The summed E-state index contributed by atoms with van der Waals surface area (Å²) in [5, 5.41) is 7.96. The van der Waals surface area contributed by atoms with Gasteiger partial charge in [-0.1, -0.05) is 17.3 Å². The van der Waals surface area contributed by atoms with Gasteiger partial charge >= 0.3 is 0 Å². The van der Waals surface area contributed by atoms with Crippen molar-refractivity contribution in [3.8, 4) is 0 Å². The number of aryl methyl sites for hydroxylation is 1. The molecule has 0 spiro atoms. The molecule has 1 aromatic carbocycles. The third-order valence-corrected chi connectivity index (χ3v) is 6.20. The molecule has 8 heteroatoms. The van der Waals surface area contributed by atoms with Crippen molar-refractivity contribution in [2.45, 2.75) is 31.1 Å². The Hall–Kier alpha value is -2.61. The van der Waals surface area contributed by atoms with E-state index in [0.29, 0.717) is 12.3 Å². The Labute approximate surface area is 174 Å². The van der Waals surface area contributed by atoms with Crippen molar-refractivity contribution in [3.05, 3.63) is 41.9 Å². The molecule has 0 unspecified atom stereocenters. The third-order valence-electron chi connectivity index (χ3n) is 5.46. The van der Waals surface area contributed by atoms with Crippen molar-refractivity contribution in [2.75, 3.05) is 30.8 Å². The monoisotopic (exact) mass is 411 g/mol. The van der Waals surface area contributed by atoms with E-state index in [1.165, 1.54) is 16.8 Å². The van der Waals surface area contributed by atoms with Crippen LogP contribution in [-0.2, 0) is 11.2 Å². The second-order valence-corrected chi connectivity index (χ2v) is 8.18. The van der Waals surface area contributed by atoms with Gasteiger partial charge in [0, 0.05) is 30.4 Å². The number of aromatic nitrogens is 3. The molecule has 1 saturated heterocycles. The normalized spacial score (nSPS) is 15.0. The molecule has 1 fully saturated rings. The van der Waals surface area contributed by atoms with Crippen LogP contribution in [0.5, 0.6) is 0 Å². The number of benzene rings is 1. The van der Waals surface area contributed by atoms with Gasteiger partial charge in [-0.15, -0.1) is 11.8 Å². The predicted molar refractivity (Wildman–Crippen MR) is 114 cm³/mol. The summed E-state index contributed by atoms with van der Waals surface area (Å²) < 4.78 is 5.24. The molecule has 0 atom stereocenters. The summed E-state index contributed by atoms with van der Waals surface area (Å²) in [5.74, 6) is 1.05. The predicted octanol–water partition coefficient (Wildman–Crippen LogP) is 3.22. The lowest BCUT2D eigenvalue weighted by atomic mass is 9.95. The number of carbonyl (C=O) groups excluding carboxylic acids is 1. The van der Waals surface area contributed by atoms with Crippen LogP contribution in [0.2, 0.25) is 0 Å². The molecule has 1 aliphatic rings. The Balaban J connectivity index is 1.28. The summed E-state index contributed by atoms with van der Waals surface area (Å²) in [4.78, 5) is 24.6. The van der Waals surface area contributed by atoms with Crippen LogP contribution in [0.3, 0.4) is 0 Å². The van der Waals surface area contributed by atoms with Gasteiger partial charge in [-0.25, -0.2) is 4.98 Å². The van der Waals surface area contributed by atoms with Crippen molar-refractivity contribution in [1.82, 2.24) is 20.4 Å². The van der Waals surface area contributed by atoms with E-state index in [2.05, 4.69) is 55.9 Å². The zero-order valence-corrected chi connectivity index (χ0v) is 17.5. The first-order valence-electron chi connectivity index (χ1n) is 9.88. The molecular weight excluding hydrogens is 386 g/mol. The van der Waals surface area contributed by atoms with Crippen LogP contribution >= 0.6 is 11.8 Å². The lowest BCUT2D eigenvalue weighted by molar-refractivity contribution is -0.125. The fraction of sp³-hybridized carbons (Fsp3) is 0.429. The van der Waals surface area contributed by atoms with Crippen LogP contribution in [0.4, 0.5) is 5.82 Å². The van der Waals surface area contributed by atoms with E-state index in [1.54, 1.807) is 11.8 Å². The summed E-state index contributed by atoms with van der Waals surface area (Å²) in [5.41, 5.74) is 2.55. The highest BCUT2D eigenvalue weighted by atomic mass is 32.2. The Kier molecular flexibility index (Phi) is 5.99. The highest BCUT2D eigenvalue weighted by Crippen LogP contribution is 2.29. The van der Waals surface area contributed by atoms with Gasteiger partial charge in [0.15, 0.2) is 0 Å². The molecule has 29 heavy (non-hydrogen) atoms. The Morgan fingerprint density at radius 3 is 2.72 bits per heavy atom. The van der Waals surface area contributed by atoms with E-state index >= 15 is 0 Å². The summed E-state index contributed by atoms with van der Waals surface area (Å²) in [7, 11) is 0. The molecule has 0 saturated carbocycles. The first-order valence-corrected chi connectivity index (χ1v) is 11.1. The third kappa shape index (κ3) is 4.37. The molecule has 3 heterocycles. The topological polar surface area (TPSA) is 84.2 Å². The number of anilines is 1. The Morgan fingerprint density at radius 2 is 2.00 bits per heavy atom. The average Bonchev–Trinajstić information content (AvgIpc) is 3.15. The van der Waals surface area contributed by atoms with Crippen LogP contribution in [-0.4, -0.2) is 46.9 Å². The van der Waals surface area contributed by atoms with Crippen LogP contribution in [0.1, 0.15) is 24.1 Å². The fourth-order valence-corrected chi connectivity index (χ4v) is 4.17. The van der Waals surface area contributed by atoms with Crippen molar-refractivity contribution in [2.24, 2.45) is 5.92 Å². The van der Waals surface area contributed by atoms with Gasteiger partial charge in [0.2, 0.25) is 5.91 Å². The number of amides is 1. The lowest BCUT2D eigenvalue weighted by Gasteiger charge is -2.32. The number of rotatable bonds is 6. The highest BCUT2D eigenvalue weighted by molar-refractivity contribution is 7.98. The van der Waals surface area contributed by atoms with E-state index in [-0.39, 0.29) is 11.8 Å². The largest absolute Gasteiger partial charge is 0.356 e. The first kappa shape index (κ1) is 19.7. The molecular formula is C21H25N5O2S. The second kappa shape index (κ2) is 8.82. The van der Waals surface area contributed by atoms with Crippen LogP contribution in [0.25, 0.3) is 11.1 Å². The smallest absolute Gasteiger partial charge is 0.263 e. The van der Waals surface area contributed by atoms with Crippen molar-refractivity contribution in [3.63, 3.8) is 0 Å². The van der Waals surface area contributed by atoms with Crippen LogP contribution in [0.15, 0.2) is 40.0 Å². The van der Waals surface area contributed by atoms with Crippen LogP contribution in [0, 0.1) is 12.8 Å². The molecule has 0 aliphatic carbocycles. The minimum atomic E-state index is 0.0472. The molecule has 3 aromatic rings. The molecule has 4 rings (SSSR count).